The van der Waals surface area contributed by atoms with Crippen molar-refractivity contribution >= 4 is 21.5 Å². The maximum atomic E-state index is 13.6. The maximum absolute atomic E-state index is 13.6. The van der Waals surface area contributed by atoms with Crippen LogP contribution in [0.2, 0.25) is 0 Å². The van der Waals surface area contributed by atoms with Crippen molar-refractivity contribution in [2.45, 2.75) is 4.90 Å². The molecule has 9 heteroatoms. The fraction of sp³-hybridized carbons (Fsp3) is 0.217. The summed E-state index contributed by atoms with van der Waals surface area (Å²) in [4.78, 5) is 6.34. The van der Waals surface area contributed by atoms with Crippen molar-refractivity contribution in [3.05, 3.63) is 60.3 Å². The highest BCUT2D eigenvalue weighted by Crippen LogP contribution is 2.39. The lowest BCUT2D eigenvalue weighted by Crippen LogP contribution is -2.38. The highest BCUT2D eigenvalue weighted by Gasteiger charge is 2.32. The molecule has 0 saturated carbocycles. The average molecular weight is 449 g/mol. The Hall–Kier alpha value is -3.77. The lowest BCUT2D eigenvalue weighted by molar-refractivity contribution is 0.307. The molecule has 0 saturated heterocycles. The van der Waals surface area contributed by atoms with Crippen molar-refractivity contribution in [2.24, 2.45) is 0 Å². The molecule has 8 nitrogen and oxygen atoms in total. The minimum Gasteiger partial charge on any atom is -0.489 e. The van der Waals surface area contributed by atoms with Gasteiger partial charge in [0.05, 0.1) is 36.6 Å². The zero-order valence-corrected chi connectivity index (χ0v) is 18.2. The second kappa shape index (κ2) is 7.73. The van der Waals surface area contributed by atoms with Crippen LogP contribution in [-0.2, 0) is 10.0 Å². The monoisotopic (exact) mass is 448 g/mol. The zero-order chi connectivity index (χ0) is 22.3. The maximum Gasteiger partial charge on any atom is 0.266 e. The summed E-state index contributed by atoms with van der Waals surface area (Å²) in [5, 5.41) is 9.02. The summed E-state index contributed by atoms with van der Waals surface area (Å²) in [6, 6.07) is 16.2. The number of ether oxygens (including phenoxy) is 2. The molecule has 0 fully saturated rings. The molecule has 5 rings (SSSR count). The topological polar surface area (TPSA) is 95.8 Å². The number of fused-ring (bicyclic) bond motifs is 2. The normalized spacial score (nSPS) is 15.1. The Morgan fingerprint density at radius 2 is 1.69 bits per heavy atom. The molecule has 3 aromatic rings. The van der Waals surface area contributed by atoms with Gasteiger partial charge in [0.1, 0.15) is 23.9 Å². The van der Waals surface area contributed by atoms with Crippen molar-refractivity contribution in [3.8, 4) is 28.7 Å². The number of nitriles is 1. The molecule has 0 atom stereocenters. The molecule has 2 aliphatic rings. The van der Waals surface area contributed by atoms with Crippen LogP contribution in [0.4, 0.5) is 11.5 Å². The standard InChI is InChI=1S/C23H20N4O4S/c1-26-8-10-31-22-13-19(15-25-23(22)26)32(28,29)27-9-11-30-21-7-6-18(12-20(21)27)17-4-2-16(14-24)3-5-17/h2-7,12-13,15H,8-11H2,1H3. The van der Waals surface area contributed by atoms with Gasteiger partial charge in [-0.2, -0.15) is 5.26 Å². The minimum absolute atomic E-state index is 0.0724. The quantitative estimate of drug-likeness (QED) is 0.608. The number of benzene rings is 2. The minimum atomic E-state index is -3.89. The molecule has 0 radical (unpaired) electrons. The van der Waals surface area contributed by atoms with Gasteiger partial charge in [-0.25, -0.2) is 13.4 Å². The smallest absolute Gasteiger partial charge is 0.266 e. The fourth-order valence-electron chi connectivity index (χ4n) is 3.84. The molecule has 3 heterocycles. The predicted molar refractivity (Wildman–Crippen MR) is 120 cm³/mol. The van der Waals surface area contributed by atoms with Gasteiger partial charge in [0.2, 0.25) is 0 Å². The fourth-order valence-corrected chi connectivity index (χ4v) is 5.25. The second-order valence-corrected chi connectivity index (χ2v) is 9.42. The molecular formula is C23H20N4O4S. The van der Waals surface area contributed by atoms with Crippen LogP contribution in [0.1, 0.15) is 5.56 Å². The first-order valence-corrected chi connectivity index (χ1v) is 11.6. The van der Waals surface area contributed by atoms with E-state index in [1.165, 1.54) is 16.6 Å². The first-order chi connectivity index (χ1) is 15.5. The van der Waals surface area contributed by atoms with Gasteiger partial charge in [0.15, 0.2) is 11.6 Å². The number of aromatic nitrogens is 1. The molecular weight excluding hydrogens is 428 g/mol. The van der Waals surface area contributed by atoms with Gasteiger partial charge in [-0.1, -0.05) is 18.2 Å². The number of pyridine rings is 1. The lowest BCUT2D eigenvalue weighted by atomic mass is 10.0. The van der Waals surface area contributed by atoms with E-state index in [1.807, 2.05) is 30.1 Å². The molecule has 1 aromatic heterocycles. The summed E-state index contributed by atoms with van der Waals surface area (Å²) in [6.07, 6.45) is 1.37. The van der Waals surface area contributed by atoms with E-state index < -0.39 is 10.0 Å². The van der Waals surface area contributed by atoms with Crippen molar-refractivity contribution in [1.82, 2.24) is 4.98 Å². The predicted octanol–water partition coefficient (Wildman–Crippen LogP) is 3.04. The number of rotatable bonds is 3. The van der Waals surface area contributed by atoms with Gasteiger partial charge < -0.3 is 14.4 Å². The van der Waals surface area contributed by atoms with E-state index in [-0.39, 0.29) is 18.0 Å². The third-order valence-electron chi connectivity index (χ3n) is 5.57. The van der Waals surface area contributed by atoms with E-state index in [4.69, 9.17) is 14.7 Å². The van der Waals surface area contributed by atoms with E-state index in [1.54, 1.807) is 24.3 Å². The molecule has 0 bridgehead atoms. The molecule has 0 amide bonds. The van der Waals surface area contributed by atoms with Crippen molar-refractivity contribution < 1.29 is 17.9 Å². The van der Waals surface area contributed by atoms with Crippen molar-refractivity contribution in [2.75, 3.05) is 42.6 Å². The molecule has 2 aromatic carbocycles. The van der Waals surface area contributed by atoms with Crippen LogP contribution in [0.5, 0.6) is 11.5 Å². The van der Waals surface area contributed by atoms with Gasteiger partial charge in [0, 0.05) is 13.1 Å². The molecule has 0 N–H and O–H groups in total. The number of sulfonamides is 1. The summed E-state index contributed by atoms with van der Waals surface area (Å²) in [5.41, 5.74) is 2.73. The third kappa shape index (κ3) is 3.39. The highest BCUT2D eigenvalue weighted by molar-refractivity contribution is 7.92. The Morgan fingerprint density at radius 3 is 2.47 bits per heavy atom. The van der Waals surface area contributed by atoms with Crippen LogP contribution in [-0.4, -0.2) is 46.8 Å². The van der Waals surface area contributed by atoms with Crippen LogP contribution < -0.4 is 18.7 Å². The van der Waals surface area contributed by atoms with Gasteiger partial charge in [0.25, 0.3) is 10.0 Å². The summed E-state index contributed by atoms with van der Waals surface area (Å²) in [7, 11) is -1.99. The van der Waals surface area contributed by atoms with E-state index in [2.05, 4.69) is 11.1 Å². The van der Waals surface area contributed by atoms with Gasteiger partial charge in [-0.3, -0.25) is 4.31 Å². The lowest BCUT2D eigenvalue weighted by Gasteiger charge is -2.31. The third-order valence-corrected chi connectivity index (χ3v) is 7.35. The van der Waals surface area contributed by atoms with E-state index in [9.17, 15) is 8.42 Å². The molecule has 0 aliphatic carbocycles. The first kappa shape index (κ1) is 20.2. The summed E-state index contributed by atoms with van der Waals surface area (Å²) >= 11 is 0. The van der Waals surface area contributed by atoms with Crippen LogP contribution in [0, 0.1) is 11.3 Å². The molecule has 0 spiro atoms. The summed E-state index contributed by atoms with van der Waals surface area (Å²) in [5.74, 6) is 1.58. The second-order valence-electron chi connectivity index (χ2n) is 7.56. The largest absolute Gasteiger partial charge is 0.489 e. The van der Waals surface area contributed by atoms with Crippen LogP contribution >= 0.6 is 0 Å². The van der Waals surface area contributed by atoms with Crippen LogP contribution in [0.25, 0.3) is 11.1 Å². The number of hydrogen-bond donors (Lipinski definition) is 0. The van der Waals surface area contributed by atoms with E-state index >= 15 is 0 Å². The SMILES string of the molecule is CN1CCOc2cc(S(=O)(=O)N3CCOc4ccc(-c5ccc(C#N)cc5)cc43)cnc21. The Kier molecular flexibility index (Phi) is 4.87. The van der Waals surface area contributed by atoms with Crippen molar-refractivity contribution in [1.29, 1.82) is 5.26 Å². The van der Waals surface area contributed by atoms with Gasteiger partial charge >= 0.3 is 0 Å². The average Bonchev–Trinajstić information content (AvgIpc) is 2.83. The molecule has 0 unspecified atom stereocenters. The Bertz CT molecular complexity index is 1330. The number of nitrogens with zero attached hydrogens (tertiary/aromatic N) is 4. The van der Waals surface area contributed by atoms with E-state index in [0.717, 1.165) is 11.1 Å². The number of hydrogen-bond acceptors (Lipinski definition) is 7. The molecule has 32 heavy (non-hydrogen) atoms. The first-order valence-electron chi connectivity index (χ1n) is 10.1. The summed E-state index contributed by atoms with van der Waals surface area (Å²) < 4.78 is 39.9. The highest BCUT2D eigenvalue weighted by atomic mass is 32.2. The summed E-state index contributed by atoms with van der Waals surface area (Å²) in [6.45, 7) is 1.61. The number of likely N-dealkylation sites (N-methyl/N-ethyl adjacent to an activating group) is 1. The Morgan fingerprint density at radius 1 is 0.969 bits per heavy atom. The molecule has 162 valence electrons. The Balaban J connectivity index is 1.55. The van der Waals surface area contributed by atoms with Gasteiger partial charge in [-0.15, -0.1) is 0 Å². The molecule has 2 aliphatic heterocycles. The van der Waals surface area contributed by atoms with Crippen molar-refractivity contribution in [3.63, 3.8) is 0 Å². The number of anilines is 2. The Labute approximate surface area is 186 Å². The van der Waals surface area contributed by atoms with Crippen LogP contribution in [0.3, 0.4) is 0 Å². The van der Waals surface area contributed by atoms with Crippen LogP contribution in [0.15, 0.2) is 59.6 Å². The zero-order valence-electron chi connectivity index (χ0n) is 17.4. The van der Waals surface area contributed by atoms with Gasteiger partial charge in [-0.05, 0) is 35.4 Å². The van der Waals surface area contributed by atoms with E-state index in [0.29, 0.717) is 41.7 Å².